The van der Waals surface area contributed by atoms with E-state index in [0.717, 1.165) is 24.8 Å². The van der Waals surface area contributed by atoms with Gasteiger partial charge in [0.05, 0.1) is 5.69 Å². The van der Waals surface area contributed by atoms with E-state index in [1.807, 2.05) is 0 Å². The van der Waals surface area contributed by atoms with Crippen molar-refractivity contribution in [2.24, 2.45) is 5.41 Å². The molecule has 1 saturated carbocycles. The normalized spacial score (nSPS) is 19.6. The zero-order chi connectivity index (χ0) is 13.9. The Labute approximate surface area is 116 Å². The molecule has 1 aromatic rings. The lowest BCUT2D eigenvalue weighted by atomic mass is 9.75. The molecule has 0 unspecified atom stereocenters. The highest BCUT2D eigenvalue weighted by Crippen LogP contribution is 2.37. The van der Waals surface area contributed by atoms with E-state index < -0.39 is 0 Å². The van der Waals surface area contributed by atoms with Gasteiger partial charge in [0.2, 0.25) is 0 Å². The first-order valence-electron chi connectivity index (χ1n) is 7.40. The van der Waals surface area contributed by atoms with E-state index in [9.17, 15) is 0 Å². The minimum atomic E-state index is 0.504. The molecule has 1 aliphatic rings. The average molecular weight is 265 g/mol. The summed E-state index contributed by atoms with van der Waals surface area (Å²) in [6.45, 7) is 8.56. The summed E-state index contributed by atoms with van der Waals surface area (Å²) in [6.07, 6.45) is 6.80. The van der Waals surface area contributed by atoms with Crippen LogP contribution in [0.4, 0.5) is 6.01 Å². The summed E-state index contributed by atoms with van der Waals surface area (Å²) >= 11 is 0. The molecular weight excluding hydrogens is 238 g/mol. The quantitative estimate of drug-likeness (QED) is 0.887. The van der Waals surface area contributed by atoms with E-state index >= 15 is 0 Å². The molecule has 1 fully saturated rings. The van der Waals surface area contributed by atoms with Gasteiger partial charge >= 0.3 is 0 Å². The number of aromatic nitrogens is 1. The SMILES string of the molecule is CCNCc1coc(N(C)C2CCC(C)(C)CC2)n1. The minimum absolute atomic E-state index is 0.504. The van der Waals surface area contributed by atoms with Gasteiger partial charge in [-0.15, -0.1) is 0 Å². The van der Waals surface area contributed by atoms with Gasteiger partial charge in [0.25, 0.3) is 6.01 Å². The Morgan fingerprint density at radius 3 is 2.74 bits per heavy atom. The van der Waals surface area contributed by atoms with Gasteiger partial charge in [-0.25, -0.2) is 0 Å². The number of oxazole rings is 1. The fourth-order valence-electron chi connectivity index (χ4n) is 2.72. The third kappa shape index (κ3) is 3.72. The van der Waals surface area contributed by atoms with E-state index in [-0.39, 0.29) is 0 Å². The molecule has 0 aliphatic heterocycles. The molecule has 0 atom stereocenters. The Bertz CT molecular complexity index is 390. The van der Waals surface area contributed by atoms with Crippen molar-refractivity contribution in [1.29, 1.82) is 0 Å². The first-order valence-corrected chi connectivity index (χ1v) is 7.40. The van der Waals surface area contributed by atoms with Crippen molar-refractivity contribution in [3.63, 3.8) is 0 Å². The molecule has 0 saturated heterocycles. The maximum atomic E-state index is 5.60. The van der Waals surface area contributed by atoms with Gasteiger partial charge in [-0.1, -0.05) is 20.8 Å². The second-order valence-corrected chi connectivity index (χ2v) is 6.41. The smallest absolute Gasteiger partial charge is 0.297 e. The van der Waals surface area contributed by atoms with Gasteiger partial charge < -0.3 is 14.6 Å². The summed E-state index contributed by atoms with van der Waals surface area (Å²) in [4.78, 5) is 6.77. The number of nitrogens with zero attached hydrogens (tertiary/aromatic N) is 2. The average Bonchev–Trinajstić information content (AvgIpc) is 2.84. The van der Waals surface area contributed by atoms with Crippen molar-refractivity contribution in [3.8, 4) is 0 Å². The van der Waals surface area contributed by atoms with Crippen molar-refractivity contribution in [1.82, 2.24) is 10.3 Å². The first-order chi connectivity index (χ1) is 9.02. The third-order valence-corrected chi connectivity index (χ3v) is 4.25. The second kappa shape index (κ2) is 5.95. The predicted molar refractivity (Wildman–Crippen MR) is 78.3 cm³/mol. The summed E-state index contributed by atoms with van der Waals surface area (Å²) in [5.74, 6) is 0. The van der Waals surface area contributed by atoms with Gasteiger partial charge in [-0.2, -0.15) is 4.98 Å². The summed E-state index contributed by atoms with van der Waals surface area (Å²) in [5, 5.41) is 3.27. The molecule has 0 radical (unpaired) electrons. The van der Waals surface area contributed by atoms with Gasteiger partial charge in [0.1, 0.15) is 6.26 Å². The van der Waals surface area contributed by atoms with Crippen LogP contribution in [-0.2, 0) is 6.54 Å². The summed E-state index contributed by atoms with van der Waals surface area (Å²) in [5.41, 5.74) is 1.49. The molecule has 1 N–H and O–H groups in total. The van der Waals surface area contributed by atoms with E-state index in [0.29, 0.717) is 11.5 Å². The number of hydrogen-bond donors (Lipinski definition) is 1. The topological polar surface area (TPSA) is 41.3 Å². The lowest BCUT2D eigenvalue weighted by Gasteiger charge is -2.37. The molecule has 2 rings (SSSR count). The van der Waals surface area contributed by atoms with Gasteiger partial charge in [0.15, 0.2) is 0 Å². The lowest BCUT2D eigenvalue weighted by Crippen LogP contribution is -2.37. The molecule has 19 heavy (non-hydrogen) atoms. The molecule has 4 nitrogen and oxygen atoms in total. The fraction of sp³-hybridized carbons (Fsp3) is 0.800. The number of anilines is 1. The molecular formula is C15H27N3O. The number of rotatable bonds is 5. The first kappa shape index (κ1) is 14.4. The second-order valence-electron chi connectivity index (χ2n) is 6.41. The van der Waals surface area contributed by atoms with E-state index in [2.05, 4.69) is 43.0 Å². The van der Waals surface area contributed by atoms with Crippen LogP contribution in [0.25, 0.3) is 0 Å². The highest BCUT2D eigenvalue weighted by atomic mass is 16.4. The Hall–Kier alpha value is -1.03. The molecule has 0 aromatic carbocycles. The summed E-state index contributed by atoms with van der Waals surface area (Å²) in [7, 11) is 2.10. The number of nitrogens with one attached hydrogen (secondary N) is 1. The van der Waals surface area contributed by atoms with Crippen molar-refractivity contribution in [2.75, 3.05) is 18.5 Å². The Morgan fingerprint density at radius 2 is 2.11 bits per heavy atom. The van der Waals surface area contributed by atoms with Crippen LogP contribution >= 0.6 is 0 Å². The van der Waals surface area contributed by atoms with Crippen molar-refractivity contribution in [2.45, 2.75) is 59.0 Å². The van der Waals surface area contributed by atoms with Crippen LogP contribution in [-0.4, -0.2) is 24.6 Å². The van der Waals surface area contributed by atoms with Crippen LogP contribution in [0, 0.1) is 5.41 Å². The number of hydrogen-bond acceptors (Lipinski definition) is 4. The maximum absolute atomic E-state index is 5.60. The zero-order valence-electron chi connectivity index (χ0n) is 12.7. The Morgan fingerprint density at radius 1 is 1.42 bits per heavy atom. The van der Waals surface area contributed by atoms with Crippen molar-refractivity contribution in [3.05, 3.63) is 12.0 Å². The van der Waals surface area contributed by atoms with Crippen molar-refractivity contribution < 1.29 is 4.42 Å². The summed E-state index contributed by atoms with van der Waals surface area (Å²) in [6, 6.07) is 1.33. The molecule has 0 amide bonds. The predicted octanol–water partition coefficient (Wildman–Crippen LogP) is 3.19. The van der Waals surface area contributed by atoms with Gasteiger partial charge in [-0.3, -0.25) is 0 Å². The van der Waals surface area contributed by atoms with E-state index in [4.69, 9.17) is 4.42 Å². The van der Waals surface area contributed by atoms with Crippen LogP contribution in [0.15, 0.2) is 10.7 Å². The molecule has 0 bridgehead atoms. The maximum Gasteiger partial charge on any atom is 0.297 e. The van der Waals surface area contributed by atoms with Crippen LogP contribution in [0.3, 0.4) is 0 Å². The molecule has 1 aromatic heterocycles. The van der Waals surface area contributed by atoms with Gasteiger partial charge in [-0.05, 0) is 37.6 Å². The molecule has 1 heterocycles. The van der Waals surface area contributed by atoms with Crippen LogP contribution in [0.2, 0.25) is 0 Å². The highest BCUT2D eigenvalue weighted by Gasteiger charge is 2.30. The van der Waals surface area contributed by atoms with Gasteiger partial charge in [0, 0.05) is 19.6 Å². The fourth-order valence-corrected chi connectivity index (χ4v) is 2.72. The van der Waals surface area contributed by atoms with Crippen molar-refractivity contribution >= 4 is 6.01 Å². The minimum Gasteiger partial charge on any atom is -0.432 e. The standard InChI is InChI=1S/C15H27N3O/c1-5-16-10-12-11-19-14(17-12)18(4)13-6-8-15(2,3)9-7-13/h11,13,16H,5-10H2,1-4H3. The highest BCUT2D eigenvalue weighted by molar-refractivity contribution is 5.27. The molecule has 108 valence electrons. The third-order valence-electron chi connectivity index (χ3n) is 4.25. The zero-order valence-corrected chi connectivity index (χ0v) is 12.7. The Balaban J connectivity index is 1.92. The monoisotopic (exact) mass is 265 g/mol. The Kier molecular flexibility index (Phi) is 4.50. The van der Waals surface area contributed by atoms with Crippen LogP contribution in [0.1, 0.15) is 52.1 Å². The molecule has 4 heteroatoms. The lowest BCUT2D eigenvalue weighted by molar-refractivity contribution is 0.220. The van der Waals surface area contributed by atoms with E-state index in [1.54, 1.807) is 6.26 Å². The van der Waals surface area contributed by atoms with Crippen LogP contribution < -0.4 is 10.2 Å². The van der Waals surface area contributed by atoms with Crippen LogP contribution in [0.5, 0.6) is 0 Å². The van der Waals surface area contributed by atoms with E-state index in [1.165, 1.54) is 25.7 Å². The largest absolute Gasteiger partial charge is 0.432 e. The molecule has 1 aliphatic carbocycles. The summed E-state index contributed by atoms with van der Waals surface area (Å²) < 4.78 is 5.60. The molecule has 0 spiro atoms.